The van der Waals surface area contributed by atoms with E-state index < -0.39 is 14.2 Å². The molecule has 2 aromatic rings. The summed E-state index contributed by atoms with van der Waals surface area (Å²) in [4.78, 5) is 0. The molecule has 0 unspecified atom stereocenters. The van der Waals surface area contributed by atoms with Gasteiger partial charge < -0.3 is 0 Å². The molecule has 2 aromatic carbocycles. The van der Waals surface area contributed by atoms with E-state index in [-0.39, 0.29) is 10.1 Å². The zero-order chi connectivity index (χ0) is 16.2. The van der Waals surface area contributed by atoms with Crippen LogP contribution in [0.2, 0.25) is 0 Å². The molecule has 6 nitrogen and oxygen atoms in total. The SMILES string of the molecule is CCCc1ccc(O)c(N=Nc2ccc([As](=O)(O)O)cc2)c1. The maximum atomic E-state index is 11.1. The molecule has 2 rings (SSSR count). The van der Waals surface area contributed by atoms with Gasteiger partial charge in [-0.15, -0.1) is 0 Å². The average Bonchev–Trinajstić information content (AvgIpc) is 2.47. The molecule has 0 fully saturated rings. The summed E-state index contributed by atoms with van der Waals surface area (Å²) in [6.45, 7) is 2.07. The summed E-state index contributed by atoms with van der Waals surface area (Å²) >= 11 is -4.87. The second-order valence-electron chi connectivity index (χ2n) is 4.83. The molecule has 0 aliphatic heterocycles. The van der Waals surface area contributed by atoms with Gasteiger partial charge in [-0.05, 0) is 0 Å². The Morgan fingerprint density at radius 1 is 1.05 bits per heavy atom. The molecule has 0 saturated carbocycles. The quantitative estimate of drug-likeness (QED) is 0.560. The van der Waals surface area contributed by atoms with Crippen LogP contribution >= 0.6 is 0 Å². The summed E-state index contributed by atoms with van der Waals surface area (Å²) in [6.07, 6.45) is 1.88. The number of aryl methyl sites for hydroxylation is 1. The zero-order valence-electron chi connectivity index (χ0n) is 12.0. The summed E-state index contributed by atoms with van der Waals surface area (Å²) in [5.74, 6) is 0.0404. The van der Waals surface area contributed by atoms with Crippen LogP contribution in [0.5, 0.6) is 5.75 Å². The van der Waals surface area contributed by atoms with Crippen LogP contribution in [-0.4, -0.2) is 27.5 Å². The van der Waals surface area contributed by atoms with Gasteiger partial charge in [-0.1, -0.05) is 0 Å². The number of aromatic hydroxyl groups is 1. The van der Waals surface area contributed by atoms with E-state index in [1.54, 1.807) is 12.1 Å². The normalized spacial score (nSPS) is 12.0. The molecule has 22 heavy (non-hydrogen) atoms. The van der Waals surface area contributed by atoms with Crippen LogP contribution in [-0.2, 0) is 10.2 Å². The van der Waals surface area contributed by atoms with E-state index in [0.29, 0.717) is 11.4 Å². The van der Waals surface area contributed by atoms with Gasteiger partial charge in [0.1, 0.15) is 0 Å². The molecule has 0 saturated heterocycles. The van der Waals surface area contributed by atoms with Crippen molar-refractivity contribution in [3.8, 4) is 5.75 Å². The molecule has 3 N–H and O–H groups in total. The van der Waals surface area contributed by atoms with E-state index in [9.17, 15) is 8.85 Å². The molecule has 0 heterocycles. The monoisotopic (exact) mass is 364 g/mol. The van der Waals surface area contributed by atoms with Crippen LogP contribution in [0.3, 0.4) is 0 Å². The number of phenolic OH excluding ortho intramolecular Hbond substituents is 1. The van der Waals surface area contributed by atoms with Crippen LogP contribution in [0.4, 0.5) is 11.4 Å². The van der Waals surface area contributed by atoms with Gasteiger partial charge in [-0.2, -0.15) is 0 Å². The molecule has 0 aliphatic rings. The summed E-state index contributed by atoms with van der Waals surface area (Å²) in [6, 6.07) is 10.8. The van der Waals surface area contributed by atoms with Crippen molar-refractivity contribution < 1.29 is 17.0 Å². The van der Waals surface area contributed by atoms with E-state index in [1.807, 2.05) is 6.07 Å². The molecular formula is C15H17AsN2O4. The van der Waals surface area contributed by atoms with E-state index in [0.717, 1.165) is 18.4 Å². The molecule has 0 bridgehead atoms. The Kier molecular flexibility index (Phi) is 5.19. The fraction of sp³-hybridized carbons (Fsp3) is 0.200. The number of hydrogen-bond acceptors (Lipinski definition) is 4. The number of benzene rings is 2. The van der Waals surface area contributed by atoms with E-state index in [2.05, 4.69) is 17.2 Å². The Morgan fingerprint density at radius 2 is 1.73 bits per heavy atom. The van der Waals surface area contributed by atoms with Crippen molar-refractivity contribution in [3.05, 3.63) is 48.0 Å². The second-order valence-corrected chi connectivity index (χ2v) is 8.20. The summed E-state index contributed by atoms with van der Waals surface area (Å²) in [5.41, 5.74) is 1.89. The number of rotatable bonds is 5. The van der Waals surface area contributed by atoms with Gasteiger partial charge in [-0.3, -0.25) is 0 Å². The molecule has 0 aromatic heterocycles. The van der Waals surface area contributed by atoms with Crippen LogP contribution in [0.1, 0.15) is 18.9 Å². The van der Waals surface area contributed by atoms with E-state index in [1.165, 1.54) is 24.3 Å². The van der Waals surface area contributed by atoms with Crippen molar-refractivity contribution >= 4 is 29.9 Å². The number of azo groups is 1. The van der Waals surface area contributed by atoms with Gasteiger partial charge in [0.25, 0.3) is 0 Å². The first-order valence-electron chi connectivity index (χ1n) is 6.80. The van der Waals surface area contributed by atoms with Crippen molar-refractivity contribution in [1.82, 2.24) is 0 Å². The standard InChI is InChI=1S/C15H17AsN2O4/c1-2-3-11-4-9-15(19)14(10-11)18-17-13-7-5-12(6-8-13)16(20,21)22/h4-10,19H,2-3H2,1H3,(H2,20,21,22). The third-order valence-electron chi connectivity index (χ3n) is 3.04. The zero-order valence-corrected chi connectivity index (χ0v) is 13.9. The predicted molar refractivity (Wildman–Crippen MR) is 83.2 cm³/mol. The topological polar surface area (TPSA) is 102 Å². The first-order valence-corrected chi connectivity index (χ1v) is 10.2. The van der Waals surface area contributed by atoms with Crippen LogP contribution in [0.15, 0.2) is 52.7 Å². The molecule has 0 spiro atoms. The van der Waals surface area contributed by atoms with Crippen molar-refractivity contribution in [2.24, 2.45) is 10.2 Å². The Labute approximate surface area is 131 Å². The summed E-state index contributed by atoms with van der Waals surface area (Å²) in [5, 5.41) is 17.8. The number of nitrogens with zero attached hydrogens (tertiary/aromatic N) is 2. The Hall–Kier alpha value is -1.88. The predicted octanol–water partition coefficient (Wildman–Crippen LogP) is 2.32. The fourth-order valence-corrected chi connectivity index (χ4v) is 3.05. The third kappa shape index (κ3) is 4.31. The molecule has 0 amide bonds. The van der Waals surface area contributed by atoms with Gasteiger partial charge in [-0.25, -0.2) is 0 Å². The second kappa shape index (κ2) is 6.92. The van der Waals surface area contributed by atoms with Crippen molar-refractivity contribution in [2.75, 3.05) is 0 Å². The van der Waals surface area contributed by atoms with Crippen molar-refractivity contribution in [2.45, 2.75) is 19.8 Å². The molecule has 0 atom stereocenters. The molecular weight excluding hydrogens is 347 g/mol. The number of hydrogen-bond donors (Lipinski definition) is 3. The molecule has 0 radical (unpaired) electrons. The average molecular weight is 364 g/mol. The van der Waals surface area contributed by atoms with Crippen LogP contribution in [0.25, 0.3) is 0 Å². The molecule has 0 aliphatic carbocycles. The van der Waals surface area contributed by atoms with Gasteiger partial charge in [0.2, 0.25) is 0 Å². The van der Waals surface area contributed by atoms with Crippen molar-refractivity contribution in [3.63, 3.8) is 0 Å². The molecule has 116 valence electrons. The van der Waals surface area contributed by atoms with Gasteiger partial charge in [0.15, 0.2) is 0 Å². The van der Waals surface area contributed by atoms with E-state index in [4.69, 9.17) is 8.19 Å². The van der Waals surface area contributed by atoms with Gasteiger partial charge in [0, 0.05) is 0 Å². The Balaban J connectivity index is 2.21. The molecule has 7 heteroatoms. The minimum absolute atomic E-state index is 0.00938. The summed E-state index contributed by atoms with van der Waals surface area (Å²) in [7, 11) is 0. The van der Waals surface area contributed by atoms with Crippen LogP contribution in [0, 0.1) is 0 Å². The first-order chi connectivity index (χ1) is 10.4. The maximum absolute atomic E-state index is 11.1. The van der Waals surface area contributed by atoms with Crippen molar-refractivity contribution in [1.29, 1.82) is 0 Å². The summed E-state index contributed by atoms with van der Waals surface area (Å²) < 4.78 is 29.3. The Morgan fingerprint density at radius 3 is 2.32 bits per heavy atom. The Bertz CT molecular complexity index is 723. The van der Waals surface area contributed by atoms with Crippen LogP contribution < -0.4 is 4.35 Å². The number of phenols is 1. The van der Waals surface area contributed by atoms with Gasteiger partial charge in [0.05, 0.1) is 0 Å². The minimum atomic E-state index is -4.87. The van der Waals surface area contributed by atoms with Gasteiger partial charge >= 0.3 is 131 Å². The van der Waals surface area contributed by atoms with E-state index >= 15 is 0 Å². The first kappa shape index (κ1) is 16.5. The third-order valence-corrected chi connectivity index (χ3v) is 5.07. The fourth-order valence-electron chi connectivity index (χ4n) is 1.92.